The lowest BCUT2D eigenvalue weighted by Gasteiger charge is -2.17. The van der Waals surface area contributed by atoms with Crippen LogP contribution in [0.1, 0.15) is 73.2 Å². The molecule has 0 radical (unpaired) electrons. The summed E-state index contributed by atoms with van der Waals surface area (Å²) in [5, 5.41) is 11.0. The fraction of sp³-hybridized carbons (Fsp3) is 0.379. The van der Waals surface area contributed by atoms with Gasteiger partial charge in [-0.15, -0.1) is 10.2 Å². The second kappa shape index (κ2) is 9.63. The third kappa shape index (κ3) is 4.76. The minimum atomic E-state index is -0.488. The number of rotatable bonds is 8. The second-order valence-electron chi connectivity index (χ2n) is 10.7. The Hall–Kier alpha value is -4.14. The Morgan fingerprint density at radius 2 is 1.95 bits per heavy atom. The summed E-state index contributed by atoms with van der Waals surface area (Å²) in [5.41, 5.74) is 4.11. The third-order valence-corrected chi connectivity index (χ3v) is 7.38. The SMILES string of the molecule is Cc1c(-c2ccc(C3CC3)nc2)cc(C(=O)Nc2cccc(-c3nncn3C(C)C)n2)c(=O)n1CC1CC1. The number of hydrogen-bond donors (Lipinski definition) is 1. The van der Waals surface area contributed by atoms with Gasteiger partial charge in [0.15, 0.2) is 5.82 Å². The maximum absolute atomic E-state index is 13.5. The lowest BCUT2D eigenvalue weighted by molar-refractivity contribution is 0.102. The Morgan fingerprint density at radius 1 is 1.13 bits per heavy atom. The molecule has 194 valence electrons. The lowest BCUT2D eigenvalue weighted by atomic mass is 10.0. The highest BCUT2D eigenvalue weighted by molar-refractivity contribution is 6.04. The highest BCUT2D eigenvalue weighted by Crippen LogP contribution is 2.39. The van der Waals surface area contributed by atoms with Crippen LogP contribution >= 0.6 is 0 Å². The zero-order chi connectivity index (χ0) is 26.4. The van der Waals surface area contributed by atoms with E-state index in [2.05, 4.69) is 31.5 Å². The largest absolute Gasteiger partial charge is 0.311 e. The van der Waals surface area contributed by atoms with Crippen molar-refractivity contribution in [3.8, 4) is 22.6 Å². The molecule has 0 bridgehead atoms. The molecule has 38 heavy (non-hydrogen) atoms. The van der Waals surface area contributed by atoms with E-state index in [1.807, 2.05) is 43.7 Å². The van der Waals surface area contributed by atoms with Crippen LogP contribution in [0.15, 0.2) is 53.7 Å². The Labute approximate surface area is 221 Å². The Kier molecular flexibility index (Phi) is 6.13. The number of nitrogens with one attached hydrogen (secondary N) is 1. The summed E-state index contributed by atoms with van der Waals surface area (Å²) in [6.45, 7) is 6.64. The zero-order valence-electron chi connectivity index (χ0n) is 21.9. The van der Waals surface area contributed by atoms with Crippen LogP contribution in [0.4, 0.5) is 5.82 Å². The monoisotopic (exact) mass is 509 g/mol. The van der Waals surface area contributed by atoms with Crippen molar-refractivity contribution >= 4 is 11.7 Å². The number of nitrogens with zero attached hydrogens (tertiary/aromatic N) is 6. The van der Waals surface area contributed by atoms with E-state index in [0.717, 1.165) is 35.4 Å². The van der Waals surface area contributed by atoms with Crippen LogP contribution in [-0.4, -0.2) is 35.2 Å². The van der Waals surface area contributed by atoms with Crippen LogP contribution in [-0.2, 0) is 6.54 Å². The molecular weight excluding hydrogens is 478 g/mol. The van der Waals surface area contributed by atoms with E-state index in [4.69, 9.17) is 0 Å². The van der Waals surface area contributed by atoms with Gasteiger partial charge in [0.1, 0.15) is 23.4 Å². The molecule has 4 aromatic rings. The molecular formula is C29H31N7O2. The number of anilines is 1. The van der Waals surface area contributed by atoms with Crippen molar-refractivity contribution in [1.29, 1.82) is 0 Å². The molecule has 0 aliphatic heterocycles. The number of hydrogen-bond acceptors (Lipinski definition) is 6. The Balaban J connectivity index is 1.35. The van der Waals surface area contributed by atoms with E-state index in [1.54, 1.807) is 29.1 Å². The molecule has 0 unspecified atom stereocenters. The van der Waals surface area contributed by atoms with Gasteiger partial charge in [-0.2, -0.15) is 0 Å². The van der Waals surface area contributed by atoms with Gasteiger partial charge in [0, 0.05) is 47.2 Å². The van der Waals surface area contributed by atoms with Crippen LogP contribution < -0.4 is 10.9 Å². The van der Waals surface area contributed by atoms with Gasteiger partial charge >= 0.3 is 0 Å². The average molecular weight is 510 g/mol. The van der Waals surface area contributed by atoms with Crippen LogP contribution in [0.3, 0.4) is 0 Å². The molecule has 0 spiro atoms. The summed E-state index contributed by atoms with van der Waals surface area (Å²) >= 11 is 0. The minimum absolute atomic E-state index is 0.0927. The Bertz CT molecular complexity index is 1560. The van der Waals surface area contributed by atoms with Crippen molar-refractivity contribution < 1.29 is 4.79 Å². The van der Waals surface area contributed by atoms with E-state index >= 15 is 0 Å². The normalized spacial score (nSPS) is 15.2. The number of aromatic nitrogens is 6. The number of carbonyl (C=O) groups excluding carboxylic acids is 1. The number of pyridine rings is 3. The number of amides is 1. The predicted octanol–water partition coefficient (Wildman–Crippen LogP) is 4.99. The predicted molar refractivity (Wildman–Crippen MR) is 145 cm³/mol. The summed E-state index contributed by atoms with van der Waals surface area (Å²) in [6, 6.07) is 11.3. The van der Waals surface area contributed by atoms with E-state index in [1.165, 1.54) is 12.8 Å². The molecule has 2 aliphatic rings. The van der Waals surface area contributed by atoms with Gasteiger partial charge < -0.3 is 14.5 Å². The van der Waals surface area contributed by atoms with Crippen molar-refractivity contribution in [3.63, 3.8) is 0 Å². The van der Waals surface area contributed by atoms with Crippen molar-refractivity contribution in [2.45, 2.75) is 65.0 Å². The summed E-state index contributed by atoms with van der Waals surface area (Å²) in [6.07, 6.45) is 8.11. The van der Waals surface area contributed by atoms with Gasteiger partial charge in [-0.25, -0.2) is 4.98 Å². The van der Waals surface area contributed by atoms with Crippen LogP contribution in [0.2, 0.25) is 0 Å². The van der Waals surface area contributed by atoms with Crippen LogP contribution in [0.25, 0.3) is 22.6 Å². The van der Waals surface area contributed by atoms with Gasteiger partial charge in [-0.05, 0) is 76.6 Å². The van der Waals surface area contributed by atoms with Crippen LogP contribution in [0, 0.1) is 12.8 Å². The topological polar surface area (TPSA) is 108 Å². The van der Waals surface area contributed by atoms with Gasteiger partial charge in [0.05, 0.1) is 0 Å². The fourth-order valence-electron chi connectivity index (χ4n) is 4.79. The first-order valence-corrected chi connectivity index (χ1v) is 13.3. The summed E-state index contributed by atoms with van der Waals surface area (Å²) < 4.78 is 3.67. The highest BCUT2D eigenvalue weighted by Gasteiger charge is 2.27. The fourth-order valence-corrected chi connectivity index (χ4v) is 4.79. The van der Waals surface area contributed by atoms with E-state index in [-0.39, 0.29) is 17.2 Å². The van der Waals surface area contributed by atoms with Crippen molar-refractivity contribution in [2.75, 3.05) is 5.32 Å². The molecule has 2 fully saturated rings. The second-order valence-corrected chi connectivity index (χ2v) is 10.7. The molecule has 2 saturated carbocycles. The molecule has 9 heteroatoms. The first kappa shape index (κ1) is 24.2. The van der Waals surface area contributed by atoms with Gasteiger partial charge in [-0.1, -0.05) is 12.1 Å². The van der Waals surface area contributed by atoms with Crippen molar-refractivity contribution in [2.24, 2.45) is 5.92 Å². The standard InChI is InChI=1S/C29H31N7O2/c1-17(2)36-16-31-34-27(36)25-5-4-6-26(32-25)33-28(37)23-13-22(18(3)35(29(23)38)15-19-7-8-19)21-11-12-24(30-14-21)20-9-10-20/h4-6,11-14,16-17,19-20H,7-10,15H2,1-3H3,(H,32,33,37). The van der Waals surface area contributed by atoms with E-state index in [9.17, 15) is 9.59 Å². The summed E-state index contributed by atoms with van der Waals surface area (Å²) in [4.78, 5) is 36.3. The third-order valence-electron chi connectivity index (χ3n) is 7.38. The maximum Gasteiger partial charge on any atom is 0.263 e. The molecule has 1 N–H and O–H groups in total. The number of carbonyl (C=O) groups is 1. The highest BCUT2D eigenvalue weighted by atomic mass is 16.2. The Morgan fingerprint density at radius 3 is 2.63 bits per heavy atom. The molecule has 4 aromatic heterocycles. The smallest absolute Gasteiger partial charge is 0.263 e. The molecule has 0 aromatic carbocycles. The zero-order valence-corrected chi connectivity index (χ0v) is 21.9. The van der Waals surface area contributed by atoms with Gasteiger partial charge in [0.25, 0.3) is 11.5 Å². The van der Waals surface area contributed by atoms with Crippen LogP contribution in [0.5, 0.6) is 0 Å². The van der Waals surface area contributed by atoms with E-state index < -0.39 is 5.91 Å². The molecule has 9 nitrogen and oxygen atoms in total. The molecule has 0 atom stereocenters. The van der Waals surface area contributed by atoms with Gasteiger partial charge in [0.2, 0.25) is 0 Å². The lowest BCUT2D eigenvalue weighted by Crippen LogP contribution is -2.31. The molecule has 1 amide bonds. The molecule has 4 heterocycles. The van der Waals surface area contributed by atoms with Crippen molar-refractivity contribution in [3.05, 3.63) is 76.2 Å². The van der Waals surface area contributed by atoms with Crippen molar-refractivity contribution in [1.82, 2.24) is 29.3 Å². The van der Waals surface area contributed by atoms with E-state index in [0.29, 0.717) is 35.7 Å². The molecule has 0 saturated heterocycles. The minimum Gasteiger partial charge on any atom is -0.311 e. The molecule has 6 rings (SSSR count). The quantitative estimate of drug-likeness (QED) is 0.358. The first-order chi connectivity index (χ1) is 18.4. The first-order valence-electron chi connectivity index (χ1n) is 13.3. The average Bonchev–Trinajstić information content (AvgIpc) is 3.85. The summed E-state index contributed by atoms with van der Waals surface area (Å²) in [7, 11) is 0. The van der Waals surface area contributed by atoms with Gasteiger partial charge in [-0.3, -0.25) is 14.6 Å². The summed E-state index contributed by atoms with van der Waals surface area (Å²) in [5.74, 6) is 1.51. The maximum atomic E-state index is 13.5. The molecule has 2 aliphatic carbocycles.